The van der Waals surface area contributed by atoms with Gasteiger partial charge in [0.25, 0.3) is 5.56 Å². The van der Waals surface area contributed by atoms with Crippen molar-refractivity contribution in [3.05, 3.63) is 93.4 Å². The molecule has 7 rings (SSSR count). The number of nitrogens with zero attached hydrogens (tertiary/aromatic N) is 3. The molecule has 1 saturated heterocycles. The fourth-order valence-corrected chi connectivity index (χ4v) is 7.06. The molecule has 2 aromatic heterocycles. The average molecular weight is 606 g/mol. The van der Waals surface area contributed by atoms with Crippen LogP contribution >= 0.6 is 0 Å². The zero-order valence-corrected chi connectivity index (χ0v) is 26.4. The number of ether oxygens (including phenoxy) is 4. The van der Waals surface area contributed by atoms with Crippen LogP contribution in [0, 0.1) is 13.8 Å². The van der Waals surface area contributed by atoms with E-state index in [4.69, 9.17) is 24.0 Å². The van der Waals surface area contributed by atoms with Crippen molar-refractivity contribution in [3.8, 4) is 22.6 Å². The van der Waals surface area contributed by atoms with Gasteiger partial charge in [0.15, 0.2) is 0 Å². The quantitative estimate of drug-likeness (QED) is 0.202. The second kappa shape index (κ2) is 12.2. The van der Waals surface area contributed by atoms with Crippen LogP contribution in [0.1, 0.15) is 47.6 Å². The van der Waals surface area contributed by atoms with Crippen molar-refractivity contribution >= 4 is 27.4 Å². The largest absolute Gasteiger partial charge is 0.497 e. The van der Waals surface area contributed by atoms with E-state index in [0.29, 0.717) is 43.3 Å². The maximum absolute atomic E-state index is 14.4. The van der Waals surface area contributed by atoms with Crippen LogP contribution in [0.25, 0.3) is 38.5 Å². The lowest BCUT2D eigenvalue weighted by Crippen LogP contribution is -2.23. The smallest absolute Gasteiger partial charge is 0.262 e. The van der Waals surface area contributed by atoms with Crippen molar-refractivity contribution in [2.24, 2.45) is 0 Å². The molecule has 0 atom stereocenters. The SMILES string of the molecule is COc1ccc(Cn2c(=O)c3cnn(C4CCOCC4)c3c3ccc(-c4c(C)cc(C5=CCOCC5)cc4C)cc32)c(OC)c1. The monoisotopic (exact) mass is 605 g/mol. The summed E-state index contributed by atoms with van der Waals surface area (Å²) in [6, 6.07) is 17.0. The number of methoxy groups -OCH3 is 2. The topological polar surface area (TPSA) is 76.7 Å². The number of pyridine rings is 1. The summed E-state index contributed by atoms with van der Waals surface area (Å²) in [6.45, 7) is 7.50. The highest BCUT2D eigenvalue weighted by atomic mass is 16.5. The summed E-state index contributed by atoms with van der Waals surface area (Å²) < 4.78 is 26.3. The van der Waals surface area contributed by atoms with E-state index in [0.717, 1.165) is 53.4 Å². The van der Waals surface area contributed by atoms with Crippen molar-refractivity contribution in [1.29, 1.82) is 0 Å². The Balaban J connectivity index is 1.43. The Morgan fingerprint density at radius 2 is 1.69 bits per heavy atom. The normalized spacial score (nSPS) is 15.9. The zero-order valence-electron chi connectivity index (χ0n) is 26.4. The van der Waals surface area contributed by atoms with E-state index in [1.165, 1.54) is 27.8 Å². The minimum atomic E-state index is -0.0684. The minimum absolute atomic E-state index is 0.0684. The van der Waals surface area contributed by atoms with Crippen molar-refractivity contribution in [2.75, 3.05) is 40.6 Å². The van der Waals surface area contributed by atoms with Gasteiger partial charge in [0.05, 0.1) is 62.6 Å². The molecule has 0 N–H and O–H groups in total. The summed E-state index contributed by atoms with van der Waals surface area (Å²) in [5, 5.41) is 6.41. The molecule has 2 aliphatic heterocycles. The molecule has 45 heavy (non-hydrogen) atoms. The molecule has 8 nitrogen and oxygen atoms in total. The zero-order chi connectivity index (χ0) is 31.1. The molecular formula is C37H39N3O5. The van der Waals surface area contributed by atoms with Gasteiger partial charge in [-0.3, -0.25) is 9.48 Å². The van der Waals surface area contributed by atoms with E-state index < -0.39 is 0 Å². The second-order valence-corrected chi connectivity index (χ2v) is 12.0. The van der Waals surface area contributed by atoms with Crippen LogP contribution in [0.5, 0.6) is 11.5 Å². The molecule has 232 valence electrons. The Hall–Kier alpha value is -4.40. The Morgan fingerprint density at radius 3 is 2.40 bits per heavy atom. The molecule has 0 saturated carbocycles. The van der Waals surface area contributed by atoms with Crippen LogP contribution < -0.4 is 15.0 Å². The van der Waals surface area contributed by atoms with Crippen molar-refractivity contribution < 1.29 is 18.9 Å². The molecule has 1 fully saturated rings. The first-order chi connectivity index (χ1) is 22.0. The Bertz CT molecular complexity index is 1970. The molecule has 0 radical (unpaired) electrons. The summed E-state index contributed by atoms with van der Waals surface area (Å²) in [7, 11) is 3.28. The first kappa shape index (κ1) is 29.3. The van der Waals surface area contributed by atoms with Gasteiger partial charge >= 0.3 is 0 Å². The second-order valence-electron chi connectivity index (χ2n) is 12.0. The molecule has 2 aliphatic rings. The highest BCUT2D eigenvalue weighted by molar-refractivity contribution is 6.05. The summed E-state index contributed by atoms with van der Waals surface area (Å²) in [5.74, 6) is 1.38. The Labute approximate surface area is 262 Å². The third kappa shape index (κ3) is 5.32. The van der Waals surface area contributed by atoms with Crippen LogP contribution in [-0.2, 0) is 16.0 Å². The highest BCUT2D eigenvalue weighted by Gasteiger charge is 2.24. The maximum Gasteiger partial charge on any atom is 0.262 e. The lowest BCUT2D eigenvalue weighted by molar-refractivity contribution is 0.0675. The fourth-order valence-electron chi connectivity index (χ4n) is 7.06. The molecule has 8 heteroatoms. The van der Waals surface area contributed by atoms with E-state index in [1.54, 1.807) is 20.4 Å². The third-order valence-corrected chi connectivity index (χ3v) is 9.33. The van der Waals surface area contributed by atoms with Crippen molar-refractivity contribution in [1.82, 2.24) is 14.3 Å². The lowest BCUT2D eigenvalue weighted by atomic mass is 9.90. The summed E-state index contributed by atoms with van der Waals surface area (Å²) in [5.41, 5.74) is 9.85. The number of hydrogen-bond donors (Lipinski definition) is 0. The first-order valence-electron chi connectivity index (χ1n) is 15.7. The van der Waals surface area contributed by atoms with Gasteiger partial charge in [-0.25, -0.2) is 0 Å². The van der Waals surface area contributed by atoms with E-state index in [-0.39, 0.29) is 11.6 Å². The Kier molecular flexibility index (Phi) is 7.94. The fraction of sp³-hybridized carbons (Fsp3) is 0.351. The van der Waals surface area contributed by atoms with E-state index >= 15 is 0 Å². The van der Waals surface area contributed by atoms with Crippen molar-refractivity contribution in [3.63, 3.8) is 0 Å². The van der Waals surface area contributed by atoms with Crippen LogP contribution in [-0.4, -0.2) is 55.0 Å². The van der Waals surface area contributed by atoms with Gasteiger partial charge in [0.2, 0.25) is 0 Å². The lowest BCUT2D eigenvalue weighted by Gasteiger charge is -2.24. The van der Waals surface area contributed by atoms with Crippen LogP contribution in [0.2, 0.25) is 0 Å². The van der Waals surface area contributed by atoms with E-state index in [2.05, 4.69) is 54.9 Å². The summed E-state index contributed by atoms with van der Waals surface area (Å²) >= 11 is 0. The predicted octanol–water partition coefficient (Wildman–Crippen LogP) is 6.86. The van der Waals surface area contributed by atoms with Gasteiger partial charge in [0, 0.05) is 30.2 Å². The third-order valence-electron chi connectivity index (χ3n) is 9.33. The van der Waals surface area contributed by atoms with Gasteiger partial charge in [0.1, 0.15) is 11.5 Å². The van der Waals surface area contributed by atoms with Gasteiger partial charge in [-0.2, -0.15) is 5.10 Å². The predicted molar refractivity (Wildman–Crippen MR) is 178 cm³/mol. The minimum Gasteiger partial charge on any atom is -0.497 e. The molecule has 0 aliphatic carbocycles. The molecule has 0 unspecified atom stereocenters. The van der Waals surface area contributed by atoms with Gasteiger partial charge in [-0.05, 0) is 84.7 Å². The molecule has 0 amide bonds. The molecule has 5 aromatic rings. The molecule has 3 aromatic carbocycles. The summed E-state index contributed by atoms with van der Waals surface area (Å²) in [6.07, 6.45) is 6.59. The van der Waals surface area contributed by atoms with Crippen LogP contribution in [0.15, 0.2) is 65.6 Å². The van der Waals surface area contributed by atoms with Crippen LogP contribution in [0.3, 0.4) is 0 Å². The number of aromatic nitrogens is 3. The van der Waals surface area contributed by atoms with Gasteiger partial charge in [-0.15, -0.1) is 0 Å². The van der Waals surface area contributed by atoms with E-state index in [9.17, 15) is 4.79 Å². The molecule has 0 bridgehead atoms. The van der Waals surface area contributed by atoms with Crippen LogP contribution in [0.4, 0.5) is 0 Å². The van der Waals surface area contributed by atoms with Gasteiger partial charge in [-0.1, -0.05) is 30.3 Å². The van der Waals surface area contributed by atoms with E-state index in [1.807, 2.05) is 22.8 Å². The van der Waals surface area contributed by atoms with Crippen molar-refractivity contribution in [2.45, 2.75) is 45.7 Å². The standard InChI is InChI=1S/C37H39N3O5/c1-23-17-28(25-9-13-44-14-10-25)18-24(2)35(23)26-6-8-31-33(19-26)39(22-27-5-7-30(42-3)20-34(27)43-4)37(41)32-21-38-40(36(31)32)29-11-15-45-16-12-29/h5-9,17-21,29H,10-16,22H2,1-4H3. The number of hydrogen-bond acceptors (Lipinski definition) is 6. The number of fused-ring (bicyclic) bond motifs is 3. The molecular weight excluding hydrogens is 566 g/mol. The highest BCUT2D eigenvalue weighted by Crippen LogP contribution is 2.36. The molecule has 4 heterocycles. The van der Waals surface area contributed by atoms with Gasteiger partial charge < -0.3 is 23.5 Å². The number of benzene rings is 3. The summed E-state index contributed by atoms with van der Waals surface area (Å²) in [4.78, 5) is 14.4. The number of aryl methyl sites for hydroxylation is 2. The average Bonchev–Trinajstić information content (AvgIpc) is 3.53. The first-order valence-corrected chi connectivity index (χ1v) is 15.7. The molecule has 0 spiro atoms. The maximum atomic E-state index is 14.4. The number of rotatable bonds is 7. The Morgan fingerprint density at radius 1 is 0.889 bits per heavy atom.